The molecule has 0 fully saturated rings. The number of anilines is 2. The maximum absolute atomic E-state index is 11.0. The molecule has 0 saturated heterocycles. The van der Waals surface area contributed by atoms with Gasteiger partial charge in [0, 0.05) is 35.5 Å². The highest BCUT2D eigenvalue weighted by Gasteiger charge is 2.14. The number of nitro groups is 1. The van der Waals surface area contributed by atoms with E-state index in [1.54, 1.807) is 31.4 Å². The van der Waals surface area contributed by atoms with Gasteiger partial charge in [-0.25, -0.2) is 0 Å². The fraction of sp³-hybridized carbons (Fsp3) is 0.0588. The molecule has 1 N–H and O–H groups in total. The number of nitrogens with one attached hydrogen (secondary N) is 1. The van der Waals surface area contributed by atoms with Crippen molar-refractivity contribution >= 4 is 28.0 Å². The number of ether oxygens (including phenoxy) is 1. The number of aromatic nitrogens is 1. The minimum absolute atomic E-state index is 0.0620. The van der Waals surface area contributed by atoms with Gasteiger partial charge in [0.05, 0.1) is 28.8 Å². The van der Waals surface area contributed by atoms with Crippen LogP contribution in [0.25, 0.3) is 10.9 Å². The predicted molar refractivity (Wildman–Crippen MR) is 89.4 cm³/mol. The number of hydrogen-bond donors (Lipinski definition) is 1. The van der Waals surface area contributed by atoms with E-state index in [1.165, 1.54) is 18.3 Å². The summed E-state index contributed by atoms with van der Waals surface area (Å²) >= 11 is 0. The lowest BCUT2D eigenvalue weighted by atomic mass is 10.1. The third-order valence-corrected chi connectivity index (χ3v) is 3.52. The first kappa shape index (κ1) is 15.2. The van der Waals surface area contributed by atoms with Crippen molar-refractivity contribution < 1.29 is 9.66 Å². The first-order chi connectivity index (χ1) is 11.6. The molecule has 24 heavy (non-hydrogen) atoms. The van der Waals surface area contributed by atoms with Crippen molar-refractivity contribution in [2.75, 3.05) is 12.4 Å². The molecule has 0 atom stereocenters. The Bertz CT molecular complexity index is 979. The zero-order valence-corrected chi connectivity index (χ0v) is 12.7. The Labute approximate surface area is 137 Å². The average molecular weight is 320 g/mol. The van der Waals surface area contributed by atoms with Gasteiger partial charge in [-0.3, -0.25) is 15.1 Å². The molecule has 0 bridgehead atoms. The lowest BCUT2D eigenvalue weighted by Gasteiger charge is -2.12. The monoisotopic (exact) mass is 320 g/mol. The molecule has 0 amide bonds. The lowest BCUT2D eigenvalue weighted by Crippen LogP contribution is -1.98. The number of benzene rings is 2. The van der Waals surface area contributed by atoms with Crippen LogP contribution in [0.5, 0.6) is 5.75 Å². The molecule has 1 heterocycles. The van der Waals surface area contributed by atoms with Crippen LogP contribution in [0.15, 0.2) is 48.7 Å². The van der Waals surface area contributed by atoms with Gasteiger partial charge in [-0.05, 0) is 18.2 Å². The molecule has 0 aliphatic carbocycles. The van der Waals surface area contributed by atoms with Crippen molar-refractivity contribution in [3.63, 3.8) is 0 Å². The van der Waals surface area contributed by atoms with Gasteiger partial charge in [0.25, 0.3) is 5.69 Å². The van der Waals surface area contributed by atoms with Crippen LogP contribution in [0.2, 0.25) is 0 Å². The SMILES string of the molecule is COc1cccc(Nc2c(C#N)cnc3ccc([N+](=O)[O-])cc23)c1. The Kier molecular flexibility index (Phi) is 3.95. The number of hydrogen-bond acceptors (Lipinski definition) is 6. The summed E-state index contributed by atoms with van der Waals surface area (Å²) in [4.78, 5) is 14.7. The van der Waals surface area contributed by atoms with Gasteiger partial charge in [0.1, 0.15) is 11.8 Å². The summed E-state index contributed by atoms with van der Waals surface area (Å²) in [5.41, 5.74) is 1.97. The molecule has 0 radical (unpaired) electrons. The summed E-state index contributed by atoms with van der Waals surface area (Å²) in [6.07, 6.45) is 1.44. The summed E-state index contributed by atoms with van der Waals surface area (Å²) in [5, 5.41) is 24.0. The molecule has 0 saturated carbocycles. The molecular formula is C17H12N4O3. The first-order valence-corrected chi connectivity index (χ1v) is 7.00. The Morgan fingerprint density at radius 2 is 2.12 bits per heavy atom. The fourth-order valence-electron chi connectivity index (χ4n) is 2.36. The van der Waals surface area contributed by atoms with E-state index in [-0.39, 0.29) is 5.69 Å². The maximum Gasteiger partial charge on any atom is 0.270 e. The van der Waals surface area contributed by atoms with Crippen LogP contribution in [-0.4, -0.2) is 17.0 Å². The summed E-state index contributed by atoms with van der Waals surface area (Å²) in [5.74, 6) is 0.655. The van der Waals surface area contributed by atoms with E-state index < -0.39 is 4.92 Å². The molecule has 3 rings (SSSR count). The minimum Gasteiger partial charge on any atom is -0.497 e. The molecule has 0 aliphatic heterocycles. The molecule has 7 nitrogen and oxygen atoms in total. The van der Waals surface area contributed by atoms with E-state index in [0.29, 0.717) is 33.6 Å². The zero-order chi connectivity index (χ0) is 17.1. The van der Waals surface area contributed by atoms with Gasteiger partial charge in [-0.2, -0.15) is 5.26 Å². The van der Waals surface area contributed by atoms with E-state index in [9.17, 15) is 15.4 Å². The number of nitro benzene ring substituents is 1. The zero-order valence-electron chi connectivity index (χ0n) is 12.7. The number of fused-ring (bicyclic) bond motifs is 1. The van der Waals surface area contributed by atoms with Crippen LogP contribution in [-0.2, 0) is 0 Å². The van der Waals surface area contributed by atoms with Gasteiger partial charge in [-0.15, -0.1) is 0 Å². The highest BCUT2D eigenvalue weighted by molar-refractivity contribution is 5.97. The third-order valence-electron chi connectivity index (χ3n) is 3.52. The second kappa shape index (κ2) is 6.22. The summed E-state index contributed by atoms with van der Waals surface area (Å²) in [6.45, 7) is 0. The van der Waals surface area contributed by atoms with E-state index in [2.05, 4.69) is 16.4 Å². The van der Waals surface area contributed by atoms with Gasteiger partial charge in [-0.1, -0.05) is 6.07 Å². The van der Waals surface area contributed by atoms with Gasteiger partial charge in [0.15, 0.2) is 0 Å². The van der Waals surface area contributed by atoms with Crippen molar-refractivity contribution in [3.8, 4) is 11.8 Å². The highest BCUT2D eigenvalue weighted by Crippen LogP contribution is 2.32. The molecule has 7 heteroatoms. The smallest absolute Gasteiger partial charge is 0.270 e. The standard InChI is InChI=1S/C17H12N4O3/c1-24-14-4-2-3-12(7-14)20-17-11(9-18)10-19-16-6-5-13(21(22)23)8-15(16)17/h2-8,10H,1H3,(H,19,20). The predicted octanol–water partition coefficient (Wildman–Crippen LogP) is 3.77. The van der Waals surface area contributed by atoms with Crippen molar-refractivity contribution in [1.82, 2.24) is 4.98 Å². The summed E-state index contributed by atoms with van der Waals surface area (Å²) < 4.78 is 5.18. The Morgan fingerprint density at radius 1 is 1.29 bits per heavy atom. The molecular weight excluding hydrogens is 308 g/mol. The third kappa shape index (κ3) is 2.80. The maximum atomic E-state index is 11.0. The number of rotatable bonds is 4. The Hall–Kier alpha value is -3.66. The van der Waals surface area contributed by atoms with Crippen molar-refractivity contribution in [1.29, 1.82) is 5.26 Å². The number of methoxy groups -OCH3 is 1. The number of nitriles is 1. The average Bonchev–Trinajstić information content (AvgIpc) is 2.61. The van der Waals surface area contributed by atoms with Gasteiger partial charge in [0.2, 0.25) is 0 Å². The number of pyridine rings is 1. The molecule has 2 aromatic carbocycles. The van der Waals surface area contributed by atoms with E-state index in [1.807, 2.05) is 6.07 Å². The normalized spacial score (nSPS) is 10.2. The van der Waals surface area contributed by atoms with Crippen LogP contribution in [0.3, 0.4) is 0 Å². The molecule has 118 valence electrons. The second-order valence-corrected chi connectivity index (χ2v) is 4.97. The van der Waals surface area contributed by atoms with Crippen LogP contribution >= 0.6 is 0 Å². The minimum atomic E-state index is -0.478. The first-order valence-electron chi connectivity index (χ1n) is 7.00. The summed E-state index contributed by atoms with van der Waals surface area (Å²) in [7, 11) is 1.56. The highest BCUT2D eigenvalue weighted by atomic mass is 16.6. The van der Waals surface area contributed by atoms with Crippen molar-refractivity contribution in [2.45, 2.75) is 0 Å². The van der Waals surface area contributed by atoms with Gasteiger partial charge >= 0.3 is 0 Å². The Morgan fingerprint density at radius 3 is 2.83 bits per heavy atom. The van der Waals surface area contributed by atoms with Crippen LogP contribution in [0.1, 0.15) is 5.56 Å². The van der Waals surface area contributed by atoms with Crippen molar-refractivity contribution in [2.24, 2.45) is 0 Å². The second-order valence-electron chi connectivity index (χ2n) is 4.97. The van der Waals surface area contributed by atoms with Crippen LogP contribution in [0, 0.1) is 21.4 Å². The van der Waals surface area contributed by atoms with E-state index in [4.69, 9.17) is 4.74 Å². The fourth-order valence-corrected chi connectivity index (χ4v) is 2.36. The van der Waals surface area contributed by atoms with E-state index in [0.717, 1.165) is 0 Å². The lowest BCUT2D eigenvalue weighted by molar-refractivity contribution is -0.384. The van der Waals surface area contributed by atoms with E-state index >= 15 is 0 Å². The molecule has 3 aromatic rings. The summed E-state index contributed by atoms with van der Waals surface area (Å²) in [6, 6.07) is 13.6. The molecule has 0 aliphatic rings. The topological polar surface area (TPSA) is 101 Å². The Balaban J connectivity index is 2.18. The molecule has 1 aromatic heterocycles. The molecule has 0 spiro atoms. The quantitative estimate of drug-likeness (QED) is 0.580. The van der Waals surface area contributed by atoms with Gasteiger partial charge < -0.3 is 10.1 Å². The van der Waals surface area contributed by atoms with Crippen molar-refractivity contribution in [3.05, 3.63) is 64.3 Å². The molecule has 0 unspecified atom stereocenters. The largest absolute Gasteiger partial charge is 0.497 e. The van der Waals surface area contributed by atoms with Crippen LogP contribution in [0.4, 0.5) is 17.1 Å². The van der Waals surface area contributed by atoms with Crippen LogP contribution < -0.4 is 10.1 Å². The number of nitrogens with zero attached hydrogens (tertiary/aromatic N) is 3. The number of non-ortho nitro benzene ring substituents is 1.